The highest BCUT2D eigenvalue weighted by Crippen LogP contribution is 2.25. The molecule has 2 aliphatic heterocycles. The van der Waals surface area contributed by atoms with Gasteiger partial charge in [-0.1, -0.05) is 6.92 Å². The number of aliphatic imine (C=N–C) groups is 1. The Morgan fingerprint density at radius 1 is 1.03 bits per heavy atom. The van der Waals surface area contributed by atoms with Gasteiger partial charge in [0.25, 0.3) is 0 Å². The quantitative estimate of drug-likeness (QED) is 0.308. The van der Waals surface area contributed by atoms with E-state index in [2.05, 4.69) is 38.0 Å². The lowest BCUT2D eigenvalue weighted by Gasteiger charge is -2.37. The highest BCUT2D eigenvalue weighted by molar-refractivity contribution is 14.0. The number of nitrogens with one attached hydrogen (secondary N) is 1. The standard InChI is InChI=1S/C23H39N5O2.HI/c1-19(17-26-9-5-6-10-26)16-25-23(24-2)28-13-11-27(12-14-28)18-20-15-21(29-3)7-8-22(20)30-4;/h7-8,15,19H,5-6,9-14,16-18H2,1-4H3,(H,24,25);1H. The summed E-state index contributed by atoms with van der Waals surface area (Å²) < 4.78 is 10.9. The van der Waals surface area contributed by atoms with Crippen LogP contribution < -0.4 is 14.8 Å². The minimum atomic E-state index is 0. The van der Waals surface area contributed by atoms with Gasteiger partial charge in [0.05, 0.1) is 14.2 Å². The van der Waals surface area contributed by atoms with Crippen LogP contribution in [0, 0.1) is 5.92 Å². The summed E-state index contributed by atoms with van der Waals surface area (Å²) in [6.07, 6.45) is 2.71. The molecule has 7 nitrogen and oxygen atoms in total. The molecule has 2 fully saturated rings. The molecule has 0 radical (unpaired) electrons. The van der Waals surface area contributed by atoms with Crippen molar-refractivity contribution in [3.63, 3.8) is 0 Å². The molecule has 2 heterocycles. The fourth-order valence-electron chi connectivity index (χ4n) is 4.43. The number of hydrogen-bond acceptors (Lipinski definition) is 5. The van der Waals surface area contributed by atoms with Gasteiger partial charge in [-0.05, 0) is 50.0 Å². The first-order chi connectivity index (χ1) is 14.6. The SMILES string of the molecule is CN=C(NCC(C)CN1CCCC1)N1CCN(Cc2cc(OC)ccc2OC)CC1.I. The fraction of sp³-hybridized carbons (Fsp3) is 0.696. The molecule has 0 amide bonds. The topological polar surface area (TPSA) is 52.6 Å². The molecule has 1 unspecified atom stereocenters. The van der Waals surface area contributed by atoms with E-state index in [-0.39, 0.29) is 24.0 Å². The van der Waals surface area contributed by atoms with Gasteiger partial charge in [0.1, 0.15) is 11.5 Å². The normalized spacial score (nSPS) is 19.1. The van der Waals surface area contributed by atoms with Crippen molar-refractivity contribution in [1.29, 1.82) is 0 Å². The van der Waals surface area contributed by atoms with Gasteiger partial charge in [-0.2, -0.15) is 0 Å². The van der Waals surface area contributed by atoms with Crippen LogP contribution in [0.15, 0.2) is 23.2 Å². The Morgan fingerprint density at radius 2 is 1.74 bits per heavy atom. The van der Waals surface area contributed by atoms with Gasteiger partial charge in [0, 0.05) is 58.4 Å². The maximum Gasteiger partial charge on any atom is 0.193 e. The average Bonchev–Trinajstić information content (AvgIpc) is 3.28. The molecule has 2 saturated heterocycles. The Bertz CT molecular complexity index is 689. The lowest BCUT2D eigenvalue weighted by molar-refractivity contribution is 0.170. The molecule has 1 aromatic rings. The number of hydrogen-bond donors (Lipinski definition) is 1. The lowest BCUT2D eigenvalue weighted by Crippen LogP contribution is -2.52. The number of ether oxygens (including phenoxy) is 2. The largest absolute Gasteiger partial charge is 0.497 e. The van der Waals surface area contributed by atoms with E-state index in [4.69, 9.17) is 9.47 Å². The van der Waals surface area contributed by atoms with E-state index in [9.17, 15) is 0 Å². The summed E-state index contributed by atoms with van der Waals surface area (Å²) in [6.45, 7) is 11.8. The third kappa shape index (κ3) is 7.68. The summed E-state index contributed by atoms with van der Waals surface area (Å²) in [7, 11) is 5.32. The molecule has 0 spiro atoms. The summed E-state index contributed by atoms with van der Waals surface area (Å²) in [5, 5.41) is 3.60. The van der Waals surface area contributed by atoms with Crippen LogP contribution in [0.2, 0.25) is 0 Å². The summed E-state index contributed by atoms with van der Waals surface area (Å²) >= 11 is 0. The van der Waals surface area contributed by atoms with Crippen LogP contribution in [0.25, 0.3) is 0 Å². The molecule has 3 rings (SSSR count). The number of guanidine groups is 1. The van der Waals surface area contributed by atoms with E-state index in [1.807, 2.05) is 19.2 Å². The minimum absolute atomic E-state index is 0. The lowest BCUT2D eigenvalue weighted by atomic mass is 10.1. The zero-order valence-electron chi connectivity index (χ0n) is 19.6. The van der Waals surface area contributed by atoms with E-state index < -0.39 is 0 Å². The molecular formula is C23H40IN5O2. The Morgan fingerprint density at radius 3 is 2.35 bits per heavy atom. The van der Waals surface area contributed by atoms with Crippen molar-refractivity contribution in [1.82, 2.24) is 20.0 Å². The first-order valence-electron chi connectivity index (χ1n) is 11.2. The molecule has 0 aromatic heterocycles. The fourth-order valence-corrected chi connectivity index (χ4v) is 4.43. The highest BCUT2D eigenvalue weighted by atomic mass is 127. The molecule has 8 heteroatoms. The Kier molecular flexibility index (Phi) is 11.2. The first kappa shape index (κ1) is 26.0. The number of benzene rings is 1. The zero-order valence-corrected chi connectivity index (χ0v) is 21.9. The molecule has 31 heavy (non-hydrogen) atoms. The number of nitrogens with zero attached hydrogens (tertiary/aromatic N) is 4. The number of piperazine rings is 1. The van der Waals surface area contributed by atoms with Gasteiger partial charge in [-0.3, -0.25) is 9.89 Å². The second kappa shape index (κ2) is 13.3. The third-order valence-corrected chi connectivity index (χ3v) is 6.14. The molecule has 0 saturated carbocycles. The molecule has 0 aliphatic carbocycles. The van der Waals surface area contributed by atoms with Gasteiger partial charge in [0.2, 0.25) is 0 Å². The minimum Gasteiger partial charge on any atom is -0.497 e. The number of halogens is 1. The van der Waals surface area contributed by atoms with E-state index in [1.54, 1.807) is 14.2 Å². The molecule has 1 aromatic carbocycles. The van der Waals surface area contributed by atoms with Crippen molar-refractivity contribution in [3.8, 4) is 11.5 Å². The monoisotopic (exact) mass is 545 g/mol. The Balaban J connectivity index is 0.00000341. The first-order valence-corrected chi connectivity index (χ1v) is 11.2. The molecular weight excluding hydrogens is 505 g/mol. The summed E-state index contributed by atoms with van der Waals surface area (Å²) in [4.78, 5) is 12.0. The Hall–Kier alpha value is -1.26. The number of rotatable bonds is 8. The predicted octanol–water partition coefficient (Wildman–Crippen LogP) is 2.75. The van der Waals surface area contributed by atoms with Crippen LogP contribution in [0.3, 0.4) is 0 Å². The van der Waals surface area contributed by atoms with E-state index in [0.29, 0.717) is 5.92 Å². The Labute approximate surface area is 205 Å². The van der Waals surface area contributed by atoms with Gasteiger partial charge >= 0.3 is 0 Å². The van der Waals surface area contributed by atoms with Crippen LogP contribution >= 0.6 is 24.0 Å². The van der Waals surface area contributed by atoms with Gasteiger partial charge < -0.3 is 24.6 Å². The molecule has 176 valence electrons. The predicted molar refractivity (Wildman–Crippen MR) is 138 cm³/mol. The second-order valence-electron chi connectivity index (χ2n) is 8.48. The van der Waals surface area contributed by atoms with E-state index in [0.717, 1.165) is 56.7 Å². The molecule has 0 bridgehead atoms. The van der Waals surface area contributed by atoms with Gasteiger partial charge in [0.15, 0.2) is 5.96 Å². The van der Waals surface area contributed by atoms with Gasteiger partial charge in [-0.25, -0.2) is 0 Å². The van der Waals surface area contributed by atoms with Crippen LogP contribution in [-0.4, -0.2) is 94.3 Å². The van der Waals surface area contributed by atoms with Crippen molar-refractivity contribution >= 4 is 29.9 Å². The van der Waals surface area contributed by atoms with Crippen molar-refractivity contribution in [2.45, 2.75) is 26.3 Å². The number of methoxy groups -OCH3 is 2. The van der Waals surface area contributed by atoms with E-state index >= 15 is 0 Å². The summed E-state index contributed by atoms with van der Waals surface area (Å²) in [5.74, 6) is 3.45. The molecule has 1 N–H and O–H groups in total. The number of likely N-dealkylation sites (tertiary alicyclic amines) is 1. The maximum absolute atomic E-state index is 5.54. The second-order valence-corrected chi connectivity index (χ2v) is 8.48. The summed E-state index contributed by atoms with van der Waals surface area (Å²) in [5.41, 5.74) is 1.17. The van der Waals surface area contributed by atoms with E-state index in [1.165, 1.54) is 38.0 Å². The zero-order chi connectivity index (χ0) is 21.3. The average molecular weight is 546 g/mol. The smallest absolute Gasteiger partial charge is 0.193 e. The maximum atomic E-state index is 5.54. The van der Waals surface area contributed by atoms with Crippen molar-refractivity contribution < 1.29 is 9.47 Å². The van der Waals surface area contributed by atoms with Crippen LogP contribution in [0.1, 0.15) is 25.3 Å². The molecule has 1 atom stereocenters. The third-order valence-electron chi connectivity index (χ3n) is 6.14. The van der Waals surface area contributed by atoms with Crippen LogP contribution in [-0.2, 0) is 6.54 Å². The van der Waals surface area contributed by atoms with Crippen LogP contribution in [0.5, 0.6) is 11.5 Å². The van der Waals surface area contributed by atoms with Gasteiger partial charge in [-0.15, -0.1) is 24.0 Å². The van der Waals surface area contributed by atoms with Crippen molar-refractivity contribution in [3.05, 3.63) is 23.8 Å². The van der Waals surface area contributed by atoms with Crippen molar-refractivity contribution in [2.75, 3.05) is 73.6 Å². The van der Waals surface area contributed by atoms with Crippen LogP contribution in [0.4, 0.5) is 0 Å². The summed E-state index contributed by atoms with van der Waals surface area (Å²) in [6, 6.07) is 6.01. The van der Waals surface area contributed by atoms with Crippen molar-refractivity contribution in [2.24, 2.45) is 10.9 Å². The highest BCUT2D eigenvalue weighted by Gasteiger charge is 2.21. The molecule has 2 aliphatic rings.